The fourth-order valence-electron chi connectivity index (χ4n) is 7.17. The van der Waals surface area contributed by atoms with E-state index in [1.54, 1.807) is 6.07 Å². The van der Waals surface area contributed by atoms with Gasteiger partial charge in [-0.1, -0.05) is 121 Å². The molecule has 10 nitrogen and oxygen atoms in total. The van der Waals surface area contributed by atoms with E-state index >= 15 is 0 Å². The third-order valence-electron chi connectivity index (χ3n) is 10.2. The summed E-state index contributed by atoms with van der Waals surface area (Å²) in [5, 5.41) is 16.8. The van der Waals surface area contributed by atoms with Crippen molar-refractivity contribution in [3.8, 4) is 0 Å². The lowest BCUT2D eigenvalue weighted by Crippen LogP contribution is -2.48. The first-order valence-electron chi connectivity index (χ1n) is 18.7. The fraction of sp³-hybridized carbons (Fsp3) is 0.267. The molecule has 1 aliphatic heterocycles. The van der Waals surface area contributed by atoms with Crippen LogP contribution in [0.2, 0.25) is 0 Å². The molecule has 0 spiro atoms. The molecular formula is C45H48N4O6. The van der Waals surface area contributed by atoms with Crippen LogP contribution in [0, 0.1) is 0 Å². The number of nitrogens with one attached hydrogen (secondary N) is 2. The van der Waals surface area contributed by atoms with Gasteiger partial charge in [-0.15, -0.1) is 0 Å². The van der Waals surface area contributed by atoms with Gasteiger partial charge in [-0.3, -0.25) is 9.69 Å². The predicted octanol–water partition coefficient (Wildman–Crippen LogP) is 7.30. The summed E-state index contributed by atoms with van der Waals surface area (Å²) < 4.78 is 11.9. The van der Waals surface area contributed by atoms with Crippen LogP contribution in [0.25, 0.3) is 0 Å². The van der Waals surface area contributed by atoms with E-state index in [9.17, 15) is 19.5 Å². The molecule has 0 bridgehead atoms. The van der Waals surface area contributed by atoms with Crippen molar-refractivity contribution in [1.29, 1.82) is 0 Å². The number of carboxylic acid groups (broad SMARTS) is 1. The van der Waals surface area contributed by atoms with Crippen LogP contribution in [0.3, 0.4) is 0 Å². The Labute approximate surface area is 322 Å². The summed E-state index contributed by atoms with van der Waals surface area (Å²) in [6.07, 6.45) is 1.51. The first kappa shape index (κ1) is 38.7. The van der Waals surface area contributed by atoms with Crippen LogP contribution in [0.4, 0.5) is 16.2 Å². The van der Waals surface area contributed by atoms with Crippen molar-refractivity contribution in [3.63, 3.8) is 0 Å². The molecule has 5 aromatic rings. The Balaban J connectivity index is 1.05. The SMILES string of the molecule is CN(C(=O)O)[C@H](C(=O)Nc1ccccc1CC[C@@H]1CN[C@H](CCc2cccc(N)c2C(=O)OCc2ccccc2)CO1)C(c1ccccc1)c1ccccc1. The number of esters is 1. The zero-order chi connectivity index (χ0) is 38.6. The molecule has 3 atom stereocenters. The normalized spacial score (nSPS) is 15.9. The zero-order valence-corrected chi connectivity index (χ0v) is 31.0. The Hall–Kier alpha value is -5.97. The molecule has 5 N–H and O–H groups in total. The van der Waals surface area contributed by atoms with Gasteiger partial charge in [-0.2, -0.15) is 0 Å². The molecule has 2 amide bonds. The quantitative estimate of drug-likeness (QED) is 0.0647. The van der Waals surface area contributed by atoms with Gasteiger partial charge in [0.05, 0.1) is 18.3 Å². The number of morpholine rings is 1. The number of amides is 2. The summed E-state index contributed by atoms with van der Waals surface area (Å²) in [5.74, 6) is -1.39. The van der Waals surface area contributed by atoms with E-state index in [0.29, 0.717) is 49.4 Å². The van der Waals surface area contributed by atoms with Gasteiger partial charge in [0.1, 0.15) is 12.6 Å². The van der Waals surface area contributed by atoms with Crippen molar-refractivity contribution in [2.45, 2.75) is 56.4 Å². The summed E-state index contributed by atoms with van der Waals surface area (Å²) >= 11 is 0. The number of anilines is 2. The van der Waals surface area contributed by atoms with Crippen LogP contribution >= 0.6 is 0 Å². The average Bonchev–Trinajstić information content (AvgIpc) is 3.22. The van der Waals surface area contributed by atoms with E-state index in [4.69, 9.17) is 15.2 Å². The minimum Gasteiger partial charge on any atom is -0.465 e. The van der Waals surface area contributed by atoms with Crippen LogP contribution in [-0.2, 0) is 33.7 Å². The average molecular weight is 741 g/mol. The number of nitrogens with two attached hydrogens (primary N) is 1. The van der Waals surface area contributed by atoms with Crippen molar-refractivity contribution in [2.24, 2.45) is 0 Å². The molecule has 0 radical (unpaired) electrons. The highest BCUT2D eigenvalue weighted by Gasteiger charge is 2.37. The molecule has 55 heavy (non-hydrogen) atoms. The molecule has 1 heterocycles. The maximum Gasteiger partial charge on any atom is 0.407 e. The molecule has 5 aromatic carbocycles. The number of hydrogen-bond acceptors (Lipinski definition) is 7. The van der Waals surface area contributed by atoms with Gasteiger partial charge in [0, 0.05) is 36.9 Å². The largest absolute Gasteiger partial charge is 0.465 e. The number of rotatable bonds is 15. The lowest BCUT2D eigenvalue weighted by molar-refractivity contribution is -0.120. The second kappa shape index (κ2) is 18.9. The van der Waals surface area contributed by atoms with Gasteiger partial charge in [0.2, 0.25) is 5.91 Å². The molecule has 0 aromatic heterocycles. The van der Waals surface area contributed by atoms with E-state index in [0.717, 1.165) is 39.1 Å². The molecular weight excluding hydrogens is 693 g/mol. The van der Waals surface area contributed by atoms with Gasteiger partial charge >= 0.3 is 12.1 Å². The number of likely N-dealkylation sites (N-methyl/N-ethyl adjacent to an activating group) is 1. The third kappa shape index (κ3) is 10.2. The van der Waals surface area contributed by atoms with E-state index in [-0.39, 0.29) is 18.8 Å². The van der Waals surface area contributed by atoms with E-state index in [2.05, 4.69) is 10.6 Å². The second-order valence-corrected chi connectivity index (χ2v) is 13.9. The number of nitrogens with zero attached hydrogens (tertiary/aromatic N) is 1. The Morgan fingerprint density at radius 2 is 1.42 bits per heavy atom. The van der Waals surface area contributed by atoms with Gasteiger partial charge in [-0.05, 0) is 65.6 Å². The van der Waals surface area contributed by atoms with E-state index in [1.807, 2.05) is 127 Å². The van der Waals surface area contributed by atoms with Crippen molar-refractivity contribution < 1.29 is 29.0 Å². The summed E-state index contributed by atoms with van der Waals surface area (Å²) in [5.41, 5.74) is 12.1. The number of benzene rings is 5. The summed E-state index contributed by atoms with van der Waals surface area (Å²) in [7, 11) is 1.44. The Bertz CT molecular complexity index is 1980. The molecule has 0 saturated carbocycles. The molecule has 1 fully saturated rings. The van der Waals surface area contributed by atoms with Gasteiger partial charge < -0.3 is 30.9 Å². The van der Waals surface area contributed by atoms with Gasteiger partial charge in [0.15, 0.2) is 0 Å². The monoisotopic (exact) mass is 740 g/mol. The summed E-state index contributed by atoms with van der Waals surface area (Å²) in [4.78, 5) is 40.7. The Morgan fingerprint density at radius 1 is 0.818 bits per heavy atom. The van der Waals surface area contributed by atoms with Crippen molar-refractivity contribution in [3.05, 3.63) is 167 Å². The van der Waals surface area contributed by atoms with E-state index in [1.165, 1.54) is 7.05 Å². The highest BCUT2D eigenvalue weighted by atomic mass is 16.5. The minimum atomic E-state index is -1.19. The summed E-state index contributed by atoms with van der Waals surface area (Å²) in [6.45, 7) is 1.35. The number of nitrogen functional groups attached to an aromatic ring is 1. The number of ether oxygens (including phenoxy) is 2. The fourth-order valence-corrected chi connectivity index (χ4v) is 7.17. The first-order chi connectivity index (χ1) is 26.8. The number of hydrogen-bond donors (Lipinski definition) is 4. The highest BCUT2D eigenvalue weighted by molar-refractivity contribution is 5.98. The standard InChI is InChI=1S/C45H48N4O6/c1-49(45(52)53)42(40(33-17-7-3-8-18-33)34-19-9-4-10-20-34)43(50)48-39-23-12-11-16-32(39)25-27-37-28-47-36(30-54-37)26-24-35-21-13-22-38(46)41(35)44(51)55-29-31-14-5-2-6-15-31/h2-23,36-37,40,42,47H,24-30,46H2,1H3,(H,48,50)(H,52,53)/t36-,37-,42+/m1/s1. The van der Waals surface area contributed by atoms with E-state index < -0.39 is 29.9 Å². The second-order valence-electron chi connectivity index (χ2n) is 13.9. The van der Waals surface area contributed by atoms with Crippen LogP contribution < -0.4 is 16.4 Å². The smallest absolute Gasteiger partial charge is 0.407 e. The Morgan fingerprint density at radius 3 is 2.05 bits per heavy atom. The lowest BCUT2D eigenvalue weighted by atomic mass is 9.84. The maximum absolute atomic E-state index is 14.2. The molecule has 1 aliphatic rings. The summed E-state index contributed by atoms with van der Waals surface area (Å²) in [6, 6.07) is 40.8. The first-order valence-corrected chi connectivity index (χ1v) is 18.7. The number of para-hydroxylation sites is 1. The van der Waals surface area contributed by atoms with Crippen LogP contribution in [-0.4, -0.2) is 66.4 Å². The van der Waals surface area contributed by atoms with Crippen molar-refractivity contribution >= 4 is 29.3 Å². The molecule has 0 aliphatic carbocycles. The highest BCUT2D eigenvalue weighted by Crippen LogP contribution is 2.32. The topological polar surface area (TPSA) is 143 Å². The number of carbonyl (C=O) groups excluding carboxylic acids is 2. The van der Waals surface area contributed by atoms with Crippen molar-refractivity contribution in [2.75, 3.05) is 31.2 Å². The van der Waals surface area contributed by atoms with Crippen LogP contribution in [0.1, 0.15) is 56.9 Å². The third-order valence-corrected chi connectivity index (χ3v) is 10.2. The number of aryl methyl sites for hydroxylation is 2. The van der Waals surface area contributed by atoms with Crippen LogP contribution in [0.5, 0.6) is 0 Å². The zero-order valence-electron chi connectivity index (χ0n) is 31.0. The van der Waals surface area contributed by atoms with Gasteiger partial charge in [-0.25, -0.2) is 9.59 Å². The molecule has 1 saturated heterocycles. The molecule has 10 heteroatoms. The van der Waals surface area contributed by atoms with Gasteiger partial charge in [0.25, 0.3) is 0 Å². The number of carbonyl (C=O) groups is 3. The molecule has 0 unspecified atom stereocenters. The van der Waals surface area contributed by atoms with Crippen molar-refractivity contribution in [1.82, 2.24) is 10.2 Å². The maximum atomic E-state index is 14.2. The van der Waals surface area contributed by atoms with Crippen LogP contribution in [0.15, 0.2) is 133 Å². The molecule has 6 rings (SSSR count). The Kier molecular flexibility index (Phi) is 13.3. The minimum absolute atomic E-state index is 0.0395. The molecule has 284 valence electrons. The predicted molar refractivity (Wildman–Crippen MR) is 214 cm³/mol. The lowest BCUT2D eigenvalue weighted by Gasteiger charge is -2.33.